The van der Waals surface area contributed by atoms with Gasteiger partial charge in [0.1, 0.15) is 21.8 Å². The van der Waals surface area contributed by atoms with Crippen molar-refractivity contribution in [2.45, 2.75) is 36.6 Å². The van der Waals surface area contributed by atoms with E-state index in [9.17, 15) is 23.1 Å². The number of fused-ring (bicyclic) bond motifs is 1. The van der Waals surface area contributed by atoms with E-state index < -0.39 is 28.2 Å². The Hall–Kier alpha value is -3.65. The van der Waals surface area contributed by atoms with Crippen molar-refractivity contribution in [2.24, 2.45) is 5.92 Å². The molecule has 3 aromatic rings. The summed E-state index contributed by atoms with van der Waals surface area (Å²) >= 11 is 1.14. The predicted molar refractivity (Wildman–Crippen MR) is 162 cm³/mol. The van der Waals surface area contributed by atoms with Gasteiger partial charge in [0.15, 0.2) is 0 Å². The zero-order valence-corrected chi connectivity index (χ0v) is 25.6. The minimum Gasteiger partial charge on any atom is -0.497 e. The Labute approximate surface area is 250 Å². The fourth-order valence-corrected chi connectivity index (χ4v) is 6.99. The Bertz CT molecular complexity index is 1480. The molecular weight excluding hydrogens is 580 g/mol. The molecule has 0 saturated carbocycles. The lowest BCUT2D eigenvalue weighted by molar-refractivity contribution is -0.134. The lowest BCUT2D eigenvalue weighted by atomic mass is 10.0. The normalized spacial score (nSPS) is 18.2. The van der Waals surface area contributed by atoms with Gasteiger partial charge in [-0.1, -0.05) is 13.0 Å². The first-order valence-electron chi connectivity index (χ1n) is 13.4. The number of carbonyl (C=O) groups excluding carboxylic acids is 2. The Morgan fingerprint density at radius 3 is 2.52 bits per heavy atom. The number of nitrogens with zero attached hydrogens (tertiary/aromatic N) is 2. The van der Waals surface area contributed by atoms with Crippen molar-refractivity contribution in [3.05, 3.63) is 65.5 Å². The van der Waals surface area contributed by atoms with Gasteiger partial charge in [-0.05, 0) is 60.8 Å². The molecule has 4 rings (SSSR count). The van der Waals surface area contributed by atoms with E-state index >= 15 is 0 Å². The highest BCUT2D eigenvalue weighted by molar-refractivity contribution is 7.91. The number of nitrogens with one attached hydrogen (secondary N) is 2. The highest BCUT2D eigenvalue weighted by atomic mass is 32.2. The van der Waals surface area contributed by atoms with Crippen LogP contribution in [0.3, 0.4) is 0 Å². The van der Waals surface area contributed by atoms with Crippen molar-refractivity contribution < 1.29 is 32.6 Å². The molecule has 2 aromatic carbocycles. The third-order valence-corrected chi connectivity index (χ3v) is 10.3. The Kier molecular flexibility index (Phi) is 10.1. The van der Waals surface area contributed by atoms with Gasteiger partial charge in [0.05, 0.1) is 32.7 Å². The van der Waals surface area contributed by atoms with E-state index in [-0.39, 0.29) is 42.2 Å². The van der Waals surface area contributed by atoms with Gasteiger partial charge in [0, 0.05) is 36.4 Å². The number of aliphatic hydroxyl groups excluding tert-OH is 1. The molecule has 2 heterocycles. The standard InChI is InChI=1S/C29H36N4O7S2/c1-19-16-33(20(2)18-34)27(35)15-21-14-23(31-29(36)30-22-7-10-24(39-4)11-8-22)9-12-25(21)40-26(19)17-32(3)42(37,38)28-6-5-13-41-28/h5-14,19-20,26,34H,15-18H2,1-4H3,(H2,30,31,36)/t19-,20-,26+/m1/s1. The lowest BCUT2D eigenvalue weighted by Crippen LogP contribution is -2.48. The number of benzene rings is 2. The number of aliphatic hydroxyl groups is 1. The number of hydrogen-bond donors (Lipinski definition) is 3. The van der Waals surface area contributed by atoms with Crippen molar-refractivity contribution in [1.82, 2.24) is 9.21 Å². The van der Waals surface area contributed by atoms with Crippen LogP contribution in [0.15, 0.2) is 64.2 Å². The monoisotopic (exact) mass is 616 g/mol. The maximum Gasteiger partial charge on any atom is 0.323 e. The number of methoxy groups -OCH3 is 1. The zero-order valence-electron chi connectivity index (χ0n) is 23.9. The number of amides is 3. The molecule has 3 N–H and O–H groups in total. The van der Waals surface area contributed by atoms with Crippen LogP contribution in [0.4, 0.5) is 16.2 Å². The average molecular weight is 617 g/mol. The summed E-state index contributed by atoms with van der Waals surface area (Å²) in [6.07, 6.45) is -0.641. The van der Waals surface area contributed by atoms with Gasteiger partial charge in [0.25, 0.3) is 10.0 Å². The van der Waals surface area contributed by atoms with Gasteiger partial charge in [-0.15, -0.1) is 11.3 Å². The maximum absolute atomic E-state index is 13.4. The second kappa shape index (κ2) is 13.6. The molecule has 0 spiro atoms. The van der Waals surface area contributed by atoms with Crippen LogP contribution in [0.5, 0.6) is 11.5 Å². The molecule has 226 valence electrons. The summed E-state index contributed by atoms with van der Waals surface area (Å²) in [6, 6.07) is 14.2. The van der Waals surface area contributed by atoms with Crippen molar-refractivity contribution in [1.29, 1.82) is 0 Å². The largest absolute Gasteiger partial charge is 0.497 e. The van der Waals surface area contributed by atoms with E-state index in [0.29, 0.717) is 28.4 Å². The number of sulfonamides is 1. The van der Waals surface area contributed by atoms with Crippen LogP contribution in [0.25, 0.3) is 0 Å². The topological polar surface area (TPSA) is 138 Å². The van der Waals surface area contributed by atoms with Crippen LogP contribution in [-0.4, -0.2) is 80.7 Å². The predicted octanol–water partition coefficient (Wildman–Crippen LogP) is 3.87. The number of urea groups is 1. The quantitative estimate of drug-likeness (QED) is 0.332. The molecule has 13 heteroatoms. The molecule has 3 amide bonds. The van der Waals surface area contributed by atoms with Crippen LogP contribution < -0.4 is 20.1 Å². The van der Waals surface area contributed by atoms with Crippen LogP contribution in [0, 0.1) is 5.92 Å². The van der Waals surface area contributed by atoms with Crippen LogP contribution in [-0.2, 0) is 21.2 Å². The van der Waals surface area contributed by atoms with Gasteiger partial charge < -0.3 is 30.1 Å². The number of hydrogen-bond acceptors (Lipinski definition) is 8. The van der Waals surface area contributed by atoms with Crippen molar-refractivity contribution in [3.63, 3.8) is 0 Å². The van der Waals surface area contributed by atoms with E-state index in [2.05, 4.69) is 10.6 Å². The summed E-state index contributed by atoms with van der Waals surface area (Å²) in [5.74, 6) is 0.591. The van der Waals surface area contributed by atoms with Crippen LogP contribution in [0.1, 0.15) is 19.4 Å². The SMILES string of the molecule is COc1ccc(NC(=O)Nc2ccc3c(c2)CC(=O)N([C@H](C)CO)C[C@@H](C)[C@H](CN(C)S(=O)(=O)c2cccs2)O3)cc1. The number of anilines is 2. The minimum atomic E-state index is -3.73. The molecule has 0 saturated heterocycles. The van der Waals surface area contributed by atoms with E-state index in [1.807, 2.05) is 6.92 Å². The zero-order chi connectivity index (χ0) is 30.4. The van der Waals surface area contributed by atoms with Crippen molar-refractivity contribution >= 4 is 44.7 Å². The first-order chi connectivity index (χ1) is 20.0. The molecule has 1 aliphatic heterocycles. The summed E-state index contributed by atoms with van der Waals surface area (Å²) in [5, 5.41) is 17.1. The van der Waals surface area contributed by atoms with Crippen molar-refractivity contribution in [3.8, 4) is 11.5 Å². The van der Waals surface area contributed by atoms with E-state index in [1.54, 1.807) is 78.9 Å². The summed E-state index contributed by atoms with van der Waals surface area (Å²) in [7, 11) is -0.666. The van der Waals surface area contributed by atoms with Gasteiger partial charge in [0.2, 0.25) is 5.91 Å². The molecule has 0 radical (unpaired) electrons. The molecule has 0 fully saturated rings. The van der Waals surface area contributed by atoms with Gasteiger partial charge in [-0.25, -0.2) is 13.2 Å². The fraction of sp³-hybridized carbons (Fsp3) is 0.379. The fourth-order valence-electron chi connectivity index (χ4n) is 4.61. The minimum absolute atomic E-state index is 0.0297. The molecule has 0 aliphatic carbocycles. The second-order valence-corrected chi connectivity index (χ2v) is 13.5. The highest BCUT2D eigenvalue weighted by Gasteiger charge is 2.33. The van der Waals surface area contributed by atoms with Gasteiger partial charge in [-0.2, -0.15) is 4.31 Å². The summed E-state index contributed by atoms with van der Waals surface area (Å²) < 4.78 is 39.4. The molecule has 3 atom stereocenters. The first-order valence-corrected chi connectivity index (χ1v) is 15.8. The smallest absolute Gasteiger partial charge is 0.323 e. The first kappa shape index (κ1) is 31.3. The number of likely N-dealkylation sites (N-methyl/N-ethyl adjacent to an activating group) is 1. The van der Waals surface area contributed by atoms with Gasteiger partial charge >= 0.3 is 6.03 Å². The molecule has 1 aromatic heterocycles. The molecule has 0 unspecified atom stereocenters. The summed E-state index contributed by atoms with van der Waals surface area (Å²) in [6.45, 7) is 3.73. The lowest BCUT2D eigenvalue weighted by Gasteiger charge is -2.33. The molecular formula is C29H36N4O7S2. The number of ether oxygens (including phenoxy) is 2. The maximum atomic E-state index is 13.4. The van der Waals surface area contributed by atoms with E-state index in [1.165, 1.54) is 11.4 Å². The Balaban J connectivity index is 1.59. The summed E-state index contributed by atoms with van der Waals surface area (Å²) in [4.78, 5) is 27.7. The van der Waals surface area contributed by atoms with Gasteiger partial charge in [-0.3, -0.25) is 4.79 Å². The third kappa shape index (κ3) is 7.40. The molecule has 11 nitrogen and oxygen atoms in total. The van der Waals surface area contributed by atoms with E-state index in [4.69, 9.17) is 9.47 Å². The van der Waals surface area contributed by atoms with Crippen LogP contribution >= 0.6 is 11.3 Å². The highest BCUT2D eigenvalue weighted by Crippen LogP contribution is 2.30. The molecule has 42 heavy (non-hydrogen) atoms. The molecule has 1 aliphatic rings. The number of thiophene rings is 1. The summed E-state index contributed by atoms with van der Waals surface area (Å²) in [5.41, 5.74) is 1.54. The van der Waals surface area contributed by atoms with Crippen LogP contribution in [0.2, 0.25) is 0 Å². The Morgan fingerprint density at radius 1 is 1.19 bits per heavy atom. The number of carbonyl (C=O) groups is 2. The molecule has 0 bridgehead atoms. The average Bonchev–Trinajstić information content (AvgIpc) is 3.53. The Morgan fingerprint density at radius 2 is 1.88 bits per heavy atom. The van der Waals surface area contributed by atoms with E-state index in [0.717, 1.165) is 11.3 Å². The number of rotatable bonds is 9. The third-order valence-electron chi connectivity index (χ3n) is 7.12. The van der Waals surface area contributed by atoms with Crippen molar-refractivity contribution in [2.75, 3.05) is 44.5 Å². The second-order valence-electron chi connectivity index (χ2n) is 10.2.